The molecule has 1 amide bonds. The molecule has 0 spiro atoms. The fraction of sp³-hybridized carbons (Fsp3) is 0.571. The van der Waals surface area contributed by atoms with Gasteiger partial charge in [-0.3, -0.25) is 9.89 Å². The summed E-state index contributed by atoms with van der Waals surface area (Å²) in [6.45, 7) is 0.256. The standard InChI is InChI=1S/C7H12N4O3/c1-13-5(14-2)3-8-7(12)6-9-4-10-11-6/h4-5H,3H2,1-2H3,(H,8,12)(H,9,10,11). The molecule has 7 nitrogen and oxygen atoms in total. The van der Waals surface area contributed by atoms with Crippen molar-refractivity contribution >= 4 is 5.91 Å². The molecule has 0 aromatic carbocycles. The fourth-order valence-electron chi connectivity index (χ4n) is 0.838. The first-order chi connectivity index (χ1) is 6.77. The summed E-state index contributed by atoms with van der Waals surface area (Å²) in [4.78, 5) is 15.0. The van der Waals surface area contributed by atoms with Crippen LogP contribution in [0.25, 0.3) is 0 Å². The van der Waals surface area contributed by atoms with Gasteiger partial charge in [0, 0.05) is 14.2 Å². The zero-order valence-corrected chi connectivity index (χ0v) is 7.98. The van der Waals surface area contributed by atoms with Gasteiger partial charge in [0.05, 0.1) is 6.54 Å². The van der Waals surface area contributed by atoms with Crippen LogP contribution in [0.2, 0.25) is 0 Å². The lowest BCUT2D eigenvalue weighted by molar-refractivity contribution is -0.0974. The van der Waals surface area contributed by atoms with E-state index in [0.29, 0.717) is 0 Å². The van der Waals surface area contributed by atoms with Crippen LogP contribution >= 0.6 is 0 Å². The Morgan fingerprint density at radius 1 is 1.64 bits per heavy atom. The van der Waals surface area contributed by atoms with Gasteiger partial charge in [-0.05, 0) is 0 Å². The Hall–Kier alpha value is -1.47. The van der Waals surface area contributed by atoms with Crippen molar-refractivity contribution in [2.75, 3.05) is 20.8 Å². The first-order valence-corrected chi connectivity index (χ1v) is 3.97. The predicted molar refractivity (Wildman–Crippen MR) is 46.5 cm³/mol. The molecule has 1 heterocycles. The Bertz CT molecular complexity index is 270. The number of carbonyl (C=O) groups excluding carboxylic acids is 1. The summed E-state index contributed by atoms with van der Waals surface area (Å²) in [5.41, 5.74) is 0. The Kier molecular flexibility index (Phi) is 4.02. The Labute approximate surface area is 80.8 Å². The van der Waals surface area contributed by atoms with E-state index in [9.17, 15) is 4.79 Å². The maximum absolute atomic E-state index is 11.3. The van der Waals surface area contributed by atoms with Gasteiger partial charge >= 0.3 is 0 Å². The highest BCUT2D eigenvalue weighted by atomic mass is 16.7. The number of hydrogen-bond acceptors (Lipinski definition) is 5. The van der Waals surface area contributed by atoms with Gasteiger partial charge < -0.3 is 14.8 Å². The van der Waals surface area contributed by atoms with Crippen molar-refractivity contribution in [2.45, 2.75) is 6.29 Å². The molecule has 1 aromatic rings. The number of H-pyrrole nitrogens is 1. The third kappa shape index (κ3) is 2.79. The normalized spacial score (nSPS) is 10.5. The SMILES string of the molecule is COC(CNC(=O)c1ncn[nH]1)OC. The quantitative estimate of drug-likeness (QED) is 0.604. The van der Waals surface area contributed by atoms with Crippen LogP contribution in [0.5, 0.6) is 0 Å². The van der Waals surface area contributed by atoms with E-state index < -0.39 is 6.29 Å². The second kappa shape index (κ2) is 5.30. The molecule has 0 aliphatic heterocycles. The van der Waals surface area contributed by atoms with E-state index in [1.807, 2.05) is 0 Å². The van der Waals surface area contributed by atoms with Gasteiger partial charge in [-0.1, -0.05) is 0 Å². The summed E-state index contributed by atoms with van der Waals surface area (Å²) in [7, 11) is 2.99. The average molecular weight is 200 g/mol. The Morgan fingerprint density at radius 3 is 2.86 bits per heavy atom. The summed E-state index contributed by atoms with van der Waals surface area (Å²) in [6.07, 6.45) is 0.806. The van der Waals surface area contributed by atoms with Gasteiger partial charge in [0.15, 0.2) is 6.29 Å². The number of carbonyl (C=O) groups is 1. The van der Waals surface area contributed by atoms with Crippen LogP contribution in [-0.2, 0) is 9.47 Å². The van der Waals surface area contributed by atoms with Gasteiger partial charge in [-0.15, -0.1) is 0 Å². The molecule has 78 valence electrons. The molecule has 0 bridgehead atoms. The minimum Gasteiger partial charge on any atom is -0.354 e. The molecule has 1 rings (SSSR count). The maximum Gasteiger partial charge on any atom is 0.288 e. The van der Waals surface area contributed by atoms with Gasteiger partial charge in [0.1, 0.15) is 6.33 Å². The highest BCUT2D eigenvalue weighted by molar-refractivity contribution is 5.90. The summed E-state index contributed by atoms with van der Waals surface area (Å²) < 4.78 is 9.77. The average Bonchev–Trinajstić information content (AvgIpc) is 2.72. The first-order valence-electron chi connectivity index (χ1n) is 3.97. The number of aromatic amines is 1. The van der Waals surface area contributed by atoms with E-state index in [4.69, 9.17) is 9.47 Å². The monoisotopic (exact) mass is 200 g/mol. The Morgan fingerprint density at radius 2 is 2.36 bits per heavy atom. The van der Waals surface area contributed by atoms with Gasteiger partial charge in [0.25, 0.3) is 5.91 Å². The summed E-state index contributed by atoms with van der Waals surface area (Å²) in [5.74, 6) is -0.183. The number of hydrogen-bond donors (Lipinski definition) is 2. The van der Waals surface area contributed by atoms with Crippen LogP contribution < -0.4 is 5.32 Å². The van der Waals surface area contributed by atoms with Crippen molar-refractivity contribution in [1.82, 2.24) is 20.5 Å². The van der Waals surface area contributed by atoms with Gasteiger partial charge in [-0.25, -0.2) is 4.98 Å². The minimum atomic E-state index is -0.457. The van der Waals surface area contributed by atoms with Crippen molar-refractivity contribution in [3.05, 3.63) is 12.2 Å². The second-order valence-corrected chi connectivity index (χ2v) is 2.45. The van der Waals surface area contributed by atoms with Crippen molar-refractivity contribution in [3.8, 4) is 0 Å². The van der Waals surface area contributed by atoms with Crippen LogP contribution in [0.3, 0.4) is 0 Å². The van der Waals surface area contributed by atoms with Gasteiger partial charge in [0.2, 0.25) is 5.82 Å². The van der Waals surface area contributed by atoms with E-state index in [0.717, 1.165) is 0 Å². The molecule has 0 saturated heterocycles. The number of nitrogens with one attached hydrogen (secondary N) is 2. The van der Waals surface area contributed by atoms with Crippen LogP contribution in [0.1, 0.15) is 10.6 Å². The van der Waals surface area contributed by atoms with Gasteiger partial charge in [-0.2, -0.15) is 5.10 Å². The molecule has 0 atom stereocenters. The molecule has 2 N–H and O–H groups in total. The van der Waals surface area contributed by atoms with Crippen LogP contribution in [0.15, 0.2) is 6.33 Å². The fourth-order valence-corrected chi connectivity index (χ4v) is 0.838. The van der Waals surface area contributed by atoms with Crippen molar-refractivity contribution in [2.24, 2.45) is 0 Å². The molecule has 1 aromatic heterocycles. The van der Waals surface area contributed by atoms with E-state index in [-0.39, 0.29) is 18.3 Å². The molecule has 0 aliphatic rings. The third-order valence-electron chi connectivity index (χ3n) is 1.59. The first kappa shape index (κ1) is 10.6. The zero-order valence-electron chi connectivity index (χ0n) is 7.98. The summed E-state index contributed by atoms with van der Waals surface area (Å²) in [6, 6.07) is 0. The largest absolute Gasteiger partial charge is 0.354 e. The number of methoxy groups -OCH3 is 2. The molecule has 7 heteroatoms. The molecule has 14 heavy (non-hydrogen) atoms. The summed E-state index contributed by atoms with van der Waals surface area (Å²) in [5, 5.41) is 8.56. The molecular formula is C7H12N4O3. The molecular weight excluding hydrogens is 188 g/mol. The van der Waals surface area contributed by atoms with Crippen LogP contribution in [-0.4, -0.2) is 48.1 Å². The lowest BCUT2D eigenvalue weighted by atomic mass is 10.5. The summed E-state index contributed by atoms with van der Waals surface area (Å²) >= 11 is 0. The lowest BCUT2D eigenvalue weighted by Gasteiger charge is -2.12. The zero-order chi connectivity index (χ0) is 10.4. The Balaban J connectivity index is 2.35. The van der Waals surface area contributed by atoms with Crippen molar-refractivity contribution < 1.29 is 14.3 Å². The maximum atomic E-state index is 11.3. The van der Waals surface area contributed by atoms with E-state index in [2.05, 4.69) is 20.5 Å². The lowest BCUT2D eigenvalue weighted by Crippen LogP contribution is -2.34. The predicted octanol–water partition coefficient (Wildman–Crippen LogP) is -0.847. The molecule has 0 aliphatic carbocycles. The molecule has 0 saturated carbocycles. The van der Waals surface area contributed by atoms with Crippen molar-refractivity contribution in [1.29, 1.82) is 0 Å². The number of amides is 1. The van der Waals surface area contributed by atoms with E-state index in [1.54, 1.807) is 0 Å². The van der Waals surface area contributed by atoms with Crippen molar-refractivity contribution in [3.63, 3.8) is 0 Å². The molecule has 0 fully saturated rings. The smallest absolute Gasteiger partial charge is 0.288 e. The van der Waals surface area contributed by atoms with Crippen LogP contribution in [0.4, 0.5) is 0 Å². The van der Waals surface area contributed by atoms with E-state index in [1.165, 1.54) is 20.5 Å². The minimum absolute atomic E-state index is 0.163. The highest BCUT2D eigenvalue weighted by Crippen LogP contribution is 1.90. The number of aromatic nitrogens is 3. The topological polar surface area (TPSA) is 89.1 Å². The molecule has 0 radical (unpaired) electrons. The number of ether oxygens (including phenoxy) is 2. The van der Waals surface area contributed by atoms with E-state index >= 15 is 0 Å². The second-order valence-electron chi connectivity index (χ2n) is 2.45. The number of rotatable bonds is 5. The number of nitrogens with zero attached hydrogens (tertiary/aromatic N) is 2. The van der Waals surface area contributed by atoms with Crippen LogP contribution in [0, 0.1) is 0 Å². The highest BCUT2D eigenvalue weighted by Gasteiger charge is 2.11. The third-order valence-corrected chi connectivity index (χ3v) is 1.59. The molecule has 0 unspecified atom stereocenters.